The molecule has 0 aliphatic carbocycles. The van der Waals surface area contributed by atoms with E-state index in [4.69, 9.17) is 4.74 Å². The number of aryl methyl sites for hydroxylation is 1. The molecule has 0 saturated heterocycles. The van der Waals surface area contributed by atoms with Crippen molar-refractivity contribution in [1.29, 1.82) is 0 Å². The normalized spacial score (nSPS) is 14.8. The lowest BCUT2D eigenvalue weighted by Gasteiger charge is -2.26. The zero-order valence-electron chi connectivity index (χ0n) is 15.2. The maximum Gasteiger partial charge on any atom is 0.272 e. The monoisotopic (exact) mass is 377 g/mol. The molecular formula is C17H23N5O3S. The van der Waals surface area contributed by atoms with Gasteiger partial charge in [-0.15, -0.1) is 11.3 Å². The van der Waals surface area contributed by atoms with Gasteiger partial charge in [-0.05, 0) is 20.3 Å². The van der Waals surface area contributed by atoms with Crippen molar-refractivity contribution in [3.05, 3.63) is 33.0 Å². The van der Waals surface area contributed by atoms with Gasteiger partial charge in [0, 0.05) is 30.6 Å². The largest absolute Gasteiger partial charge is 0.383 e. The Labute approximate surface area is 156 Å². The van der Waals surface area contributed by atoms with E-state index < -0.39 is 0 Å². The minimum absolute atomic E-state index is 0.0373. The van der Waals surface area contributed by atoms with Crippen LogP contribution in [0.5, 0.6) is 0 Å². The lowest BCUT2D eigenvalue weighted by molar-refractivity contribution is -0.131. The number of aromatic nitrogens is 3. The Kier molecular flexibility index (Phi) is 5.67. The predicted molar refractivity (Wildman–Crippen MR) is 97.1 cm³/mol. The zero-order chi connectivity index (χ0) is 18.7. The molecule has 3 rings (SSSR count). The summed E-state index contributed by atoms with van der Waals surface area (Å²) in [5.41, 5.74) is 2.93. The average molecular weight is 377 g/mol. The molecule has 2 aromatic rings. The molecule has 1 aliphatic heterocycles. The second kappa shape index (κ2) is 7.96. The van der Waals surface area contributed by atoms with E-state index in [2.05, 4.69) is 20.5 Å². The van der Waals surface area contributed by atoms with Crippen LogP contribution in [0.3, 0.4) is 0 Å². The van der Waals surface area contributed by atoms with Crippen LogP contribution in [0.25, 0.3) is 0 Å². The summed E-state index contributed by atoms with van der Waals surface area (Å²) in [6, 6.07) is -0.0944. The Morgan fingerprint density at radius 1 is 1.50 bits per heavy atom. The number of carbonyl (C=O) groups is 2. The van der Waals surface area contributed by atoms with Crippen molar-refractivity contribution in [3.8, 4) is 0 Å². The van der Waals surface area contributed by atoms with Gasteiger partial charge in [0.25, 0.3) is 5.91 Å². The minimum atomic E-state index is -0.218. The number of ether oxygens (including phenoxy) is 1. The Bertz CT molecular complexity index is 800. The fourth-order valence-electron chi connectivity index (χ4n) is 3.06. The molecule has 2 N–H and O–H groups in total. The van der Waals surface area contributed by atoms with Gasteiger partial charge in [0.2, 0.25) is 5.91 Å². The number of fused-ring (bicyclic) bond motifs is 1. The van der Waals surface area contributed by atoms with Crippen LogP contribution in [0.4, 0.5) is 0 Å². The van der Waals surface area contributed by atoms with E-state index in [-0.39, 0.29) is 17.9 Å². The third kappa shape index (κ3) is 4.10. The van der Waals surface area contributed by atoms with Crippen LogP contribution in [-0.4, -0.2) is 58.2 Å². The van der Waals surface area contributed by atoms with Crippen LogP contribution in [0, 0.1) is 6.92 Å². The number of nitrogens with one attached hydrogen (secondary N) is 2. The molecular weight excluding hydrogens is 354 g/mol. The maximum atomic E-state index is 12.5. The zero-order valence-corrected chi connectivity index (χ0v) is 16.0. The number of methoxy groups -OCH3 is 1. The molecule has 0 unspecified atom stereocenters. The fourth-order valence-corrected chi connectivity index (χ4v) is 3.67. The van der Waals surface area contributed by atoms with Crippen LogP contribution in [-0.2, 0) is 28.9 Å². The number of nitrogens with zero attached hydrogens (tertiary/aromatic N) is 3. The number of amides is 2. The number of hydrogen-bond acceptors (Lipinski definition) is 6. The second-order valence-corrected chi connectivity index (χ2v) is 7.52. The highest BCUT2D eigenvalue weighted by Crippen LogP contribution is 2.21. The van der Waals surface area contributed by atoms with Crippen LogP contribution in [0.15, 0.2) is 5.38 Å². The lowest BCUT2D eigenvalue weighted by atomic mass is 10.0. The van der Waals surface area contributed by atoms with Crippen molar-refractivity contribution in [2.75, 3.05) is 20.3 Å². The molecule has 2 aromatic heterocycles. The standard InChI is InChI=1S/C17H23N5O3S/c1-10(8-25-3)18-17(24)16-13-4-5-22(7-14(13)20-21-16)15(23)6-12-9-26-11(2)19-12/h9-10H,4-8H2,1-3H3,(H,18,24)(H,20,21)/t10-/m0/s1. The predicted octanol–water partition coefficient (Wildman–Crippen LogP) is 1.07. The molecule has 3 heterocycles. The molecule has 0 bridgehead atoms. The summed E-state index contributed by atoms with van der Waals surface area (Å²) >= 11 is 1.54. The van der Waals surface area contributed by atoms with E-state index in [1.165, 1.54) is 0 Å². The van der Waals surface area contributed by atoms with Gasteiger partial charge >= 0.3 is 0 Å². The van der Waals surface area contributed by atoms with Gasteiger partial charge in [-0.25, -0.2) is 4.98 Å². The first-order chi connectivity index (χ1) is 12.5. The Morgan fingerprint density at radius 2 is 2.31 bits per heavy atom. The van der Waals surface area contributed by atoms with Gasteiger partial charge in [-0.3, -0.25) is 14.7 Å². The summed E-state index contributed by atoms with van der Waals surface area (Å²) in [5, 5.41) is 12.8. The van der Waals surface area contributed by atoms with Crippen molar-refractivity contribution in [1.82, 2.24) is 25.4 Å². The van der Waals surface area contributed by atoms with Crippen molar-refractivity contribution in [3.63, 3.8) is 0 Å². The summed E-state index contributed by atoms with van der Waals surface area (Å²) < 4.78 is 5.03. The van der Waals surface area contributed by atoms with Crippen LogP contribution in [0.1, 0.15) is 39.4 Å². The van der Waals surface area contributed by atoms with Gasteiger partial charge in [0.05, 0.1) is 36.0 Å². The molecule has 0 saturated carbocycles. The molecule has 9 heteroatoms. The van der Waals surface area contributed by atoms with E-state index in [1.54, 1.807) is 23.3 Å². The molecule has 2 amide bonds. The number of thiazole rings is 1. The molecule has 1 atom stereocenters. The van der Waals surface area contributed by atoms with Gasteiger partial charge in [0.1, 0.15) is 0 Å². The summed E-state index contributed by atoms with van der Waals surface area (Å²) in [7, 11) is 1.59. The molecule has 8 nitrogen and oxygen atoms in total. The highest BCUT2D eigenvalue weighted by atomic mass is 32.1. The number of hydrogen-bond donors (Lipinski definition) is 2. The van der Waals surface area contributed by atoms with E-state index >= 15 is 0 Å². The molecule has 0 radical (unpaired) electrons. The summed E-state index contributed by atoms with van der Waals surface area (Å²) in [4.78, 5) is 31.0. The number of rotatable bonds is 6. The smallest absolute Gasteiger partial charge is 0.272 e. The first-order valence-electron chi connectivity index (χ1n) is 8.52. The molecule has 1 aliphatic rings. The maximum absolute atomic E-state index is 12.5. The molecule has 0 aromatic carbocycles. The topological polar surface area (TPSA) is 100 Å². The van der Waals surface area contributed by atoms with E-state index in [1.807, 2.05) is 19.2 Å². The van der Waals surface area contributed by atoms with Crippen molar-refractivity contribution in [2.24, 2.45) is 0 Å². The first kappa shape index (κ1) is 18.5. The van der Waals surface area contributed by atoms with Crippen molar-refractivity contribution < 1.29 is 14.3 Å². The minimum Gasteiger partial charge on any atom is -0.383 e. The number of aromatic amines is 1. The van der Waals surface area contributed by atoms with Gasteiger partial charge in [0.15, 0.2) is 5.69 Å². The van der Waals surface area contributed by atoms with Gasteiger partial charge < -0.3 is 15.0 Å². The summed E-state index contributed by atoms with van der Waals surface area (Å²) in [6.07, 6.45) is 0.908. The van der Waals surface area contributed by atoms with Crippen molar-refractivity contribution in [2.45, 2.75) is 39.3 Å². The highest BCUT2D eigenvalue weighted by Gasteiger charge is 2.28. The van der Waals surface area contributed by atoms with E-state index in [0.29, 0.717) is 38.2 Å². The Morgan fingerprint density at radius 3 is 3.00 bits per heavy atom. The summed E-state index contributed by atoms with van der Waals surface area (Å²) in [5.74, 6) is -0.181. The molecule has 0 spiro atoms. The Balaban J connectivity index is 1.64. The average Bonchev–Trinajstić information content (AvgIpc) is 3.20. The Hall–Kier alpha value is -2.26. The van der Waals surface area contributed by atoms with Gasteiger partial charge in [-0.1, -0.05) is 0 Å². The molecule has 140 valence electrons. The van der Waals surface area contributed by atoms with Crippen LogP contribution < -0.4 is 5.32 Å². The van der Waals surface area contributed by atoms with E-state index in [9.17, 15) is 9.59 Å². The molecule has 26 heavy (non-hydrogen) atoms. The number of H-pyrrole nitrogens is 1. The molecule has 0 fully saturated rings. The number of carbonyl (C=O) groups excluding carboxylic acids is 2. The highest BCUT2D eigenvalue weighted by molar-refractivity contribution is 7.09. The third-order valence-electron chi connectivity index (χ3n) is 4.29. The van der Waals surface area contributed by atoms with E-state index in [0.717, 1.165) is 22.0 Å². The van der Waals surface area contributed by atoms with Crippen LogP contribution >= 0.6 is 11.3 Å². The van der Waals surface area contributed by atoms with Crippen molar-refractivity contribution >= 4 is 23.2 Å². The fraction of sp³-hybridized carbons (Fsp3) is 0.529. The van der Waals surface area contributed by atoms with Gasteiger partial charge in [-0.2, -0.15) is 5.10 Å². The SMILES string of the molecule is COC[C@H](C)NC(=O)c1n[nH]c2c1CCN(C(=O)Cc1csc(C)n1)C2. The quantitative estimate of drug-likeness (QED) is 0.784. The van der Waals surface area contributed by atoms with Crippen LogP contribution in [0.2, 0.25) is 0 Å². The third-order valence-corrected chi connectivity index (χ3v) is 5.12. The first-order valence-corrected chi connectivity index (χ1v) is 9.40. The second-order valence-electron chi connectivity index (χ2n) is 6.46. The lowest BCUT2D eigenvalue weighted by Crippen LogP contribution is -2.38. The summed E-state index contributed by atoms with van der Waals surface area (Å²) in [6.45, 7) is 5.25.